The highest BCUT2D eigenvalue weighted by Crippen LogP contribution is 2.33. The fourth-order valence-corrected chi connectivity index (χ4v) is 3.77. The summed E-state index contributed by atoms with van der Waals surface area (Å²) in [7, 11) is 4.08. The summed E-state index contributed by atoms with van der Waals surface area (Å²) in [5, 5.41) is 0. The Labute approximate surface area is 208 Å². The first-order valence-corrected chi connectivity index (χ1v) is 12.0. The van der Waals surface area contributed by atoms with Crippen molar-refractivity contribution in [3.05, 3.63) is 120 Å². The van der Waals surface area contributed by atoms with E-state index in [1.165, 1.54) is 5.71 Å². The second-order valence-electron chi connectivity index (χ2n) is 8.35. The minimum absolute atomic E-state index is 0.640. The minimum Gasteiger partial charge on any atom is -0.494 e. The monoisotopic (exact) mass is 466 g/mol. The van der Waals surface area contributed by atoms with Crippen LogP contribution in [0.25, 0.3) is 11.3 Å². The van der Waals surface area contributed by atoms with E-state index in [4.69, 9.17) is 14.2 Å². The van der Waals surface area contributed by atoms with Crippen LogP contribution in [-0.4, -0.2) is 37.6 Å². The summed E-state index contributed by atoms with van der Waals surface area (Å²) < 4.78 is 19.6. The molecule has 2 aromatic rings. The van der Waals surface area contributed by atoms with E-state index in [-0.39, 0.29) is 0 Å². The molecule has 0 fully saturated rings. The SMILES string of the molecule is CCOc1ccc(C2=C/C(=C\C=C3C=CC(=[N+](C)C)C=C3)OC(c3ccc(OCC)cc3)=C2)cc1. The van der Waals surface area contributed by atoms with E-state index in [1.54, 1.807) is 0 Å². The molecule has 0 bridgehead atoms. The van der Waals surface area contributed by atoms with Gasteiger partial charge >= 0.3 is 0 Å². The summed E-state index contributed by atoms with van der Waals surface area (Å²) in [4.78, 5) is 0. The highest BCUT2D eigenvalue weighted by Gasteiger charge is 2.15. The van der Waals surface area contributed by atoms with Crippen LogP contribution in [0.4, 0.5) is 0 Å². The van der Waals surface area contributed by atoms with E-state index in [2.05, 4.69) is 59.2 Å². The van der Waals surface area contributed by atoms with Crippen LogP contribution in [-0.2, 0) is 4.74 Å². The third kappa shape index (κ3) is 6.30. The van der Waals surface area contributed by atoms with Gasteiger partial charge in [0, 0.05) is 17.7 Å². The highest BCUT2D eigenvalue weighted by atomic mass is 16.5. The lowest BCUT2D eigenvalue weighted by Crippen LogP contribution is -2.09. The molecule has 1 aliphatic carbocycles. The van der Waals surface area contributed by atoms with Crippen LogP contribution < -0.4 is 9.47 Å². The molecule has 1 aliphatic heterocycles. The molecule has 0 unspecified atom stereocenters. The molecule has 4 rings (SSSR count). The molecule has 178 valence electrons. The van der Waals surface area contributed by atoms with Crippen LogP contribution in [0.1, 0.15) is 25.0 Å². The molecule has 2 aromatic carbocycles. The van der Waals surface area contributed by atoms with Gasteiger partial charge in [0.2, 0.25) is 0 Å². The predicted octanol–water partition coefficient (Wildman–Crippen LogP) is 6.59. The van der Waals surface area contributed by atoms with Gasteiger partial charge in [-0.3, -0.25) is 0 Å². The molecule has 35 heavy (non-hydrogen) atoms. The number of hydrogen-bond acceptors (Lipinski definition) is 3. The van der Waals surface area contributed by atoms with Crippen LogP contribution in [0.2, 0.25) is 0 Å². The van der Waals surface area contributed by atoms with Crippen molar-refractivity contribution >= 4 is 17.0 Å². The van der Waals surface area contributed by atoms with Crippen LogP contribution in [0, 0.1) is 0 Å². The summed E-state index contributed by atoms with van der Waals surface area (Å²) in [5.74, 6) is 3.28. The lowest BCUT2D eigenvalue weighted by atomic mass is 10.00. The topological polar surface area (TPSA) is 30.7 Å². The molecule has 0 atom stereocenters. The third-order valence-electron chi connectivity index (χ3n) is 5.61. The van der Waals surface area contributed by atoms with Gasteiger partial charge in [0.25, 0.3) is 0 Å². The quantitative estimate of drug-likeness (QED) is 0.432. The fourth-order valence-electron chi connectivity index (χ4n) is 3.77. The Hall–Kier alpha value is -4.05. The van der Waals surface area contributed by atoms with Crippen molar-refractivity contribution in [3.8, 4) is 11.5 Å². The van der Waals surface area contributed by atoms with Crippen LogP contribution in [0.15, 0.2) is 108 Å². The van der Waals surface area contributed by atoms with E-state index >= 15 is 0 Å². The first kappa shape index (κ1) is 24.1. The molecule has 2 aliphatic rings. The average Bonchev–Trinajstić information content (AvgIpc) is 2.89. The Balaban J connectivity index is 1.66. The molecule has 0 radical (unpaired) electrons. The van der Waals surface area contributed by atoms with Crippen molar-refractivity contribution in [1.82, 2.24) is 0 Å². The normalized spacial score (nSPS) is 15.9. The van der Waals surface area contributed by atoms with Gasteiger partial charge in [-0.2, -0.15) is 0 Å². The molecule has 0 saturated heterocycles. The number of hydrogen-bond donors (Lipinski definition) is 0. The maximum Gasteiger partial charge on any atom is 0.199 e. The van der Waals surface area contributed by atoms with Crippen LogP contribution in [0.5, 0.6) is 11.5 Å². The first-order valence-electron chi connectivity index (χ1n) is 12.0. The van der Waals surface area contributed by atoms with Gasteiger partial charge < -0.3 is 14.2 Å². The van der Waals surface area contributed by atoms with Crippen LogP contribution >= 0.6 is 0 Å². The zero-order valence-electron chi connectivity index (χ0n) is 20.8. The second kappa shape index (κ2) is 11.4. The summed E-state index contributed by atoms with van der Waals surface area (Å²) in [6.07, 6.45) is 16.7. The molecule has 0 spiro atoms. The zero-order valence-corrected chi connectivity index (χ0v) is 20.8. The molecule has 1 heterocycles. The Morgan fingerprint density at radius 1 is 0.714 bits per heavy atom. The molecule has 4 heteroatoms. The largest absolute Gasteiger partial charge is 0.494 e. The van der Waals surface area contributed by atoms with E-state index < -0.39 is 0 Å². The molecule has 0 amide bonds. The summed E-state index contributed by atoms with van der Waals surface area (Å²) in [6.45, 7) is 5.26. The van der Waals surface area contributed by atoms with E-state index in [9.17, 15) is 0 Å². The summed E-state index contributed by atoms with van der Waals surface area (Å²) in [6, 6.07) is 16.2. The van der Waals surface area contributed by atoms with Gasteiger partial charge in [-0.15, -0.1) is 0 Å². The second-order valence-corrected chi connectivity index (χ2v) is 8.35. The van der Waals surface area contributed by atoms with Crippen molar-refractivity contribution in [2.75, 3.05) is 27.3 Å². The third-order valence-corrected chi connectivity index (χ3v) is 5.61. The Kier molecular flexibility index (Phi) is 7.84. The van der Waals surface area contributed by atoms with Crippen molar-refractivity contribution in [3.63, 3.8) is 0 Å². The average molecular weight is 467 g/mol. The standard InChI is InChI=1S/C31H32NO3/c1-5-33-28-17-10-24(11-18-28)26-21-30(16-9-23-7-14-27(15-8-23)32(3)4)35-31(22-26)25-12-19-29(20-13-25)34-6-2/h7-22H,5-6H2,1-4H3/q+1/b30-16+. The van der Waals surface area contributed by atoms with Gasteiger partial charge in [0.1, 0.15) is 37.1 Å². The smallest absolute Gasteiger partial charge is 0.199 e. The van der Waals surface area contributed by atoms with E-state index in [0.29, 0.717) is 13.2 Å². The molecular formula is C31H32NO3+. The van der Waals surface area contributed by atoms with E-state index in [1.807, 2.05) is 70.4 Å². The zero-order chi connectivity index (χ0) is 24.6. The Bertz CT molecular complexity index is 1250. The van der Waals surface area contributed by atoms with Crippen molar-refractivity contribution in [1.29, 1.82) is 0 Å². The Morgan fingerprint density at radius 2 is 1.29 bits per heavy atom. The first-order chi connectivity index (χ1) is 17.1. The van der Waals surface area contributed by atoms with Gasteiger partial charge in [0.15, 0.2) is 5.71 Å². The Morgan fingerprint density at radius 3 is 1.83 bits per heavy atom. The number of ether oxygens (including phenoxy) is 3. The maximum atomic E-state index is 6.31. The van der Waals surface area contributed by atoms with Crippen molar-refractivity contribution < 1.29 is 18.8 Å². The van der Waals surface area contributed by atoms with Gasteiger partial charge in [-0.1, -0.05) is 18.2 Å². The number of rotatable bonds is 7. The lowest BCUT2D eigenvalue weighted by Gasteiger charge is -2.19. The molecule has 0 aromatic heterocycles. The molecular weight excluding hydrogens is 434 g/mol. The predicted molar refractivity (Wildman–Crippen MR) is 144 cm³/mol. The van der Waals surface area contributed by atoms with E-state index in [0.717, 1.165) is 45.3 Å². The van der Waals surface area contributed by atoms with Crippen molar-refractivity contribution in [2.45, 2.75) is 13.8 Å². The molecule has 0 saturated carbocycles. The van der Waals surface area contributed by atoms with Gasteiger partial charge in [-0.05, 0) is 97.3 Å². The number of nitrogens with zero attached hydrogens (tertiary/aromatic N) is 1. The summed E-state index contributed by atoms with van der Waals surface area (Å²) in [5.41, 5.74) is 5.44. The number of benzene rings is 2. The molecule has 0 N–H and O–H groups in total. The number of allylic oxidation sites excluding steroid dienone is 10. The lowest BCUT2D eigenvalue weighted by molar-refractivity contribution is -0.462. The van der Waals surface area contributed by atoms with Crippen LogP contribution in [0.3, 0.4) is 0 Å². The highest BCUT2D eigenvalue weighted by molar-refractivity contribution is 6.02. The fraction of sp³-hybridized carbons (Fsp3) is 0.194. The van der Waals surface area contributed by atoms with Gasteiger partial charge in [0.05, 0.1) is 13.2 Å². The molecule has 4 nitrogen and oxygen atoms in total. The summed E-state index contributed by atoms with van der Waals surface area (Å²) >= 11 is 0. The maximum absolute atomic E-state index is 6.31. The van der Waals surface area contributed by atoms with Gasteiger partial charge in [-0.25, -0.2) is 4.58 Å². The minimum atomic E-state index is 0.640. The van der Waals surface area contributed by atoms with Crippen molar-refractivity contribution in [2.24, 2.45) is 0 Å².